The van der Waals surface area contributed by atoms with Gasteiger partial charge in [-0.05, 0) is 18.9 Å². The van der Waals surface area contributed by atoms with Gasteiger partial charge in [0.15, 0.2) is 5.75 Å². The lowest BCUT2D eigenvalue weighted by Gasteiger charge is -2.17. The summed E-state index contributed by atoms with van der Waals surface area (Å²) < 4.78 is 13.1. The predicted octanol–water partition coefficient (Wildman–Crippen LogP) is 4.58. The van der Waals surface area contributed by atoms with Crippen molar-refractivity contribution in [3.63, 3.8) is 0 Å². The molecule has 2 aromatic rings. The lowest BCUT2D eigenvalue weighted by Crippen LogP contribution is -2.21. The number of benzene rings is 1. The van der Waals surface area contributed by atoms with Gasteiger partial charge in [0.2, 0.25) is 5.75 Å². The standard InChI is InChI=1S/C20H28N2O5/c1-4-6-8-9-13-26-18-16-11-10-15(22(24)25)14-17(16)21(3)20(23)19(18)27-12-7-5-2/h10-11,14H,4-9,12-13H2,1-3H3. The Morgan fingerprint density at radius 3 is 2.33 bits per heavy atom. The first-order valence-corrected chi connectivity index (χ1v) is 9.58. The summed E-state index contributed by atoms with van der Waals surface area (Å²) in [5, 5.41) is 11.7. The van der Waals surface area contributed by atoms with E-state index in [1.807, 2.05) is 6.92 Å². The second-order valence-corrected chi connectivity index (χ2v) is 6.59. The summed E-state index contributed by atoms with van der Waals surface area (Å²) in [5.74, 6) is 0.568. The fraction of sp³-hybridized carbons (Fsp3) is 0.550. The third-order valence-corrected chi connectivity index (χ3v) is 4.49. The van der Waals surface area contributed by atoms with E-state index >= 15 is 0 Å². The summed E-state index contributed by atoms with van der Waals surface area (Å²) in [6, 6.07) is 4.45. The van der Waals surface area contributed by atoms with E-state index in [0.717, 1.165) is 38.5 Å². The van der Waals surface area contributed by atoms with Crippen molar-refractivity contribution in [3.8, 4) is 11.5 Å². The van der Waals surface area contributed by atoms with Crippen LogP contribution < -0.4 is 15.0 Å². The molecule has 0 fully saturated rings. The molecule has 7 heteroatoms. The Morgan fingerprint density at radius 2 is 1.67 bits per heavy atom. The monoisotopic (exact) mass is 376 g/mol. The minimum atomic E-state index is -0.471. The maximum absolute atomic E-state index is 12.8. The van der Waals surface area contributed by atoms with Crippen LogP contribution in [-0.2, 0) is 7.05 Å². The Hall–Kier alpha value is -2.57. The molecular weight excluding hydrogens is 348 g/mol. The summed E-state index contributed by atoms with van der Waals surface area (Å²) in [5.41, 5.74) is 0.0503. The van der Waals surface area contributed by atoms with Gasteiger partial charge in [-0.15, -0.1) is 0 Å². The number of fused-ring (bicyclic) bond motifs is 1. The number of aryl methyl sites for hydroxylation is 1. The molecule has 1 aromatic heterocycles. The van der Waals surface area contributed by atoms with E-state index in [1.54, 1.807) is 13.1 Å². The number of pyridine rings is 1. The van der Waals surface area contributed by atoms with E-state index < -0.39 is 4.92 Å². The number of aromatic nitrogens is 1. The number of unbranched alkanes of at least 4 members (excludes halogenated alkanes) is 4. The Morgan fingerprint density at radius 1 is 1.00 bits per heavy atom. The molecule has 7 nitrogen and oxygen atoms in total. The van der Waals surface area contributed by atoms with Crippen LogP contribution in [0.15, 0.2) is 23.0 Å². The molecule has 0 atom stereocenters. The van der Waals surface area contributed by atoms with Gasteiger partial charge < -0.3 is 14.0 Å². The molecule has 0 aliphatic heterocycles. The number of hydrogen-bond donors (Lipinski definition) is 0. The van der Waals surface area contributed by atoms with Crippen LogP contribution in [0.4, 0.5) is 5.69 Å². The normalized spacial score (nSPS) is 10.9. The summed E-state index contributed by atoms with van der Waals surface area (Å²) >= 11 is 0. The molecule has 0 saturated carbocycles. The summed E-state index contributed by atoms with van der Waals surface area (Å²) in [4.78, 5) is 23.4. The van der Waals surface area contributed by atoms with Crippen LogP contribution in [0.2, 0.25) is 0 Å². The van der Waals surface area contributed by atoms with Gasteiger partial charge in [-0.1, -0.05) is 39.5 Å². The number of nitrogens with zero attached hydrogens (tertiary/aromatic N) is 2. The van der Waals surface area contributed by atoms with Gasteiger partial charge in [0.05, 0.1) is 23.7 Å². The van der Waals surface area contributed by atoms with Crippen molar-refractivity contribution in [3.05, 3.63) is 38.7 Å². The van der Waals surface area contributed by atoms with Gasteiger partial charge in [-0.2, -0.15) is 0 Å². The minimum absolute atomic E-state index is 0.0638. The Bertz CT molecular complexity index is 844. The number of nitro benzene ring substituents is 1. The van der Waals surface area contributed by atoms with Crippen molar-refractivity contribution in [1.82, 2.24) is 4.57 Å². The largest absolute Gasteiger partial charge is 0.489 e. The third kappa shape index (κ3) is 4.99. The molecule has 0 radical (unpaired) electrons. The van der Waals surface area contributed by atoms with Crippen molar-refractivity contribution in [2.24, 2.45) is 7.05 Å². The van der Waals surface area contributed by atoms with Crippen LogP contribution in [0.25, 0.3) is 10.9 Å². The lowest BCUT2D eigenvalue weighted by molar-refractivity contribution is -0.384. The quantitative estimate of drug-likeness (QED) is 0.325. The van der Waals surface area contributed by atoms with Crippen molar-refractivity contribution in [2.75, 3.05) is 13.2 Å². The number of rotatable bonds is 11. The molecule has 1 aromatic carbocycles. The second-order valence-electron chi connectivity index (χ2n) is 6.59. The molecule has 27 heavy (non-hydrogen) atoms. The van der Waals surface area contributed by atoms with Gasteiger partial charge >= 0.3 is 0 Å². The Kier molecular flexibility index (Phi) is 7.64. The fourth-order valence-corrected chi connectivity index (χ4v) is 2.88. The van der Waals surface area contributed by atoms with E-state index in [9.17, 15) is 14.9 Å². The van der Waals surface area contributed by atoms with Crippen molar-refractivity contribution < 1.29 is 14.4 Å². The van der Waals surface area contributed by atoms with Gasteiger partial charge in [0.25, 0.3) is 11.2 Å². The van der Waals surface area contributed by atoms with Crippen LogP contribution >= 0.6 is 0 Å². The van der Waals surface area contributed by atoms with Crippen LogP contribution in [0.3, 0.4) is 0 Å². The van der Waals surface area contributed by atoms with Gasteiger partial charge in [0.1, 0.15) is 0 Å². The maximum Gasteiger partial charge on any atom is 0.297 e. The smallest absolute Gasteiger partial charge is 0.297 e. The van der Waals surface area contributed by atoms with E-state index in [0.29, 0.717) is 29.9 Å². The Balaban J connectivity index is 2.47. The number of ether oxygens (including phenoxy) is 2. The third-order valence-electron chi connectivity index (χ3n) is 4.49. The zero-order valence-electron chi connectivity index (χ0n) is 16.3. The summed E-state index contributed by atoms with van der Waals surface area (Å²) in [6.07, 6.45) is 5.98. The first-order chi connectivity index (χ1) is 13.0. The maximum atomic E-state index is 12.8. The van der Waals surface area contributed by atoms with Gasteiger partial charge in [-0.3, -0.25) is 14.9 Å². The van der Waals surface area contributed by atoms with Crippen LogP contribution in [0.1, 0.15) is 52.4 Å². The van der Waals surface area contributed by atoms with E-state index in [2.05, 4.69) is 6.92 Å². The lowest BCUT2D eigenvalue weighted by atomic mass is 10.1. The molecule has 0 saturated heterocycles. The molecular formula is C20H28N2O5. The first-order valence-electron chi connectivity index (χ1n) is 9.58. The molecule has 1 heterocycles. The minimum Gasteiger partial charge on any atom is -0.489 e. The SMILES string of the molecule is CCCCCCOc1c(OCCCC)c(=O)n(C)c2cc([N+](=O)[O-])ccc12. The molecule has 2 rings (SSSR count). The number of hydrogen-bond acceptors (Lipinski definition) is 5. The highest BCUT2D eigenvalue weighted by Crippen LogP contribution is 2.34. The summed E-state index contributed by atoms with van der Waals surface area (Å²) in [7, 11) is 1.59. The highest BCUT2D eigenvalue weighted by molar-refractivity contribution is 5.89. The molecule has 0 N–H and O–H groups in total. The number of non-ortho nitro benzene ring substituents is 1. The molecule has 0 bridgehead atoms. The molecule has 0 aliphatic carbocycles. The highest BCUT2D eigenvalue weighted by Gasteiger charge is 2.20. The Labute approximate surface area is 159 Å². The molecule has 0 aliphatic rings. The predicted molar refractivity (Wildman–Crippen MR) is 106 cm³/mol. The fourth-order valence-electron chi connectivity index (χ4n) is 2.88. The van der Waals surface area contributed by atoms with Crippen LogP contribution in [-0.4, -0.2) is 22.7 Å². The van der Waals surface area contributed by atoms with Crippen molar-refractivity contribution >= 4 is 16.6 Å². The van der Waals surface area contributed by atoms with E-state index in [-0.39, 0.29) is 17.0 Å². The zero-order valence-corrected chi connectivity index (χ0v) is 16.3. The topological polar surface area (TPSA) is 83.6 Å². The van der Waals surface area contributed by atoms with E-state index in [1.165, 1.54) is 16.7 Å². The highest BCUT2D eigenvalue weighted by atomic mass is 16.6. The molecule has 148 valence electrons. The van der Waals surface area contributed by atoms with Crippen LogP contribution in [0.5, 0.6) is 11.5 Å². The zero-order chi connectivity index (χ0) is 19.8. The molecule has 0 unspecified atom stereocenters. The van der Waals surface area contributed by atoms with E-state index in [4.69, 9.17) is 9.47 Å². The van der Waals surface area contributed by atoms with Crippen molar-refractivity contribution in [1.29, 1.82) is 0 Å². The number of nitro groups is 1. The average Bonchev–Trinajstić information content (AvgIpc) is 2.66. The van der Waals surface area contributed by atoms with Crippen LogP contribution in [0, 0.1) is 10.1 Å². The average molecular weight is 376 g/mol. The van der Waals surface area contributed by atoms with Gasteiger partial charge in [0, 0.05) is 24.6 Å². The van der Waals surface area contributed by atoms with Gasteiger partial charge in [-0.25, -0.2) is 0 Å². The summed E-state index contributed by atoms with van der Waals surface area (Å²) in [6.45, 7) is 5.09. The molecule has 0 amide bonds. The first kappa shape index (κ1) is 20.7. The second kappa shape index (κ2) is 9.94. The van der Waals surface area contributed by atoms with Crippen molar-refractivity contribution in [2.45, 2.75) is 52.4 Å². The molecule has 0 spiro atoms.